The van der Waals surface area contributed by atoms with E-state index in [0.717, 1.165) is 51.5 Å². The van der Waals surface area contributed by atoms with Gasteiger partial charge in [0.2, 0.25) is 0 Å². The van der Waals surface area contributed by atoms with Crippen LogP contribution in [0.4, 0.5) is 0 Å². The molecule has 0 aromatic heterocycles. The van der Waals surface area contributed by atoms with Crippen LogP contribution in [0, 0.1) is 11.3 Å². The summed E-state index contributed by atoms with van der Waals surface area (Å²) in [4.78, 5) is 14.4. The first-order chi connectivity index (χ1) is 10.7. The molecule has 22 heavy (non-hydrogen) atoms. The predicted octanol–water partition coefficient (Wildman–Crippen LogP) is 2.08. The van der Waals surface area contributed by atoms with Crippen LogP contribution < -0.4 is 5.32 Å². The second-order valence-corrected chi connectivity index (χ2v) is 6.36. The average Bonchev–Trinajstić information content (AvgIpc) is 2.55. The minimum Gasteiger partial charge on any atom is -0.396 e. The van der Waals surface area contributed by atoms with Crippen molar-refractivity contribution in [3.8, 4) is 6.07 Å². The fraction of sp³-hybridized carbons (Fsp3) is 0.765. The molecule has 5 nitrogen and oxygen atoms in total. The molecule has 0 aromatic rings. The van der Waals surface area contributed by atoms with E-state index in [1.807, 2.05) is 6.07 Å². The number of piperidine rings is 1. The van der Waals surface area contributed by atoms with Crippen molar-refractivity contribution in [1.82, 2.24) is 10.2 Å². The minimum atomic E-state index is -0.247. The highest BCUT2D eigenvalue weighted by Gasteiger charge is 2.23. The number of carbonyl (C=O) groups is 1. The van der Waals surface area contributed by atoms with E-state index in [4.69, 9.17) is 5.11 Å². The summed E-state index contributed by atoms with van der Waals surface area (Å²) in [6.07, 6.45) is 11.2. The number of nitrogens with one attached hydrogen (secondary N) is 1. The Morgan fingerprint density at radius 1 is 1.23 bits per heavy atom. The molecule has 1 aliphatic carbocycles. The molecule has 122 valence electrons. The third-order valence-corrected chi connectivity index (χ3v) is 4.74. The molecular weight excluding hydrogens is 278 g/mol. The number of nitriles is 1. The van der Waals surface area contributed by atoms with Crippen molar-refractivity contribution in [2.75, 3.05) is 13.2 Å². The summed E-state index contributed by atoms with van der Waals surface area (Å²) in [5.74, 6) is -0.247. The first-order valence-corrected chi connectivity index (χ1v) is 8.54. The minimum absolute atomic E-state index is 0.144. The Balaban J connectivity index is 1.98. The van der Waals surface area contributed by atoms with Gasteiger partial charge in [-0.1, -0.05) is 19.3 Å². The van der Waals surface area contributed by atoms with Gasteiger partial charge in [-0.2, -0.15) is 5.26 Å². The van der Waals surface area contributed by atoms with E-state index in [2.05, 4.69) is 10.2 Å². The van der Waals surface area contributed by atoms with Crippen LogP contribution in [0.2, 0.25) is 0 Å². The van der Waals surface area contributed by atoms with E-state index in [1.54, 1.807) is 6.20 Å². The number of aliphatic hydroxyl groups is 1. The smallest absolute Gasteiger partial charge is 0.263 e. The van der Waals surface area contributed by atoms with Gasteiger partial charge in [0.1, 0.15) is 11.6 Å². The van der Waals surface area contributed by atoms with Crippen LogP contribution >= 0.6 is 0 Å². The fourth-order valence-corrected chi connectivity index (χ4v) is 3.47. The van der Waals surface area contributed by atoms with E-state index >= 15 is 0 Å². The lowest BCUT2D eigenvalue weighted by Crippen LogP contribution is -2.39. The van der Waals surface area contributed by atoms with Gasteiger partial charge < -0.3 is 15.3 Å². The molecular formula is C17H27N3O2. The predicted molar refractivity (Wildman–Crippen MR) is 84.8 cm³/mol. The van der Waals surface area contributed by atoms with Crippen LogP contribution in [-0.4, -0.2) is 41.1 Å². The standard InChI is InChI=1S/C17H27N3O2/c18-12-14(17(22)19-15-6-2-1-3-7-15)13-20-10-5-4-8-16(20)9-11-21/h13,15-16,21H,1-11H2,(H,19,22)/b14-13-. The van der Waals surface area contributed by atoms with Crippen molar-refractivity contribution >= 4 is 5.91 Å². The highest BCUT2D eigenvalue weighted by Crippen LogP contribution is 2.21. The largest absolute Gasteiger partial charge is 0.396 e. The summed E-state index contributed by atoms with van der Waals surface area (Å²) < 4.78 is 0. The molecule has 2 rings (SSSR count). The SMILES string of the molecule is N#C/C(=C/N1CCCCC1CCO)C(=O)NC1CCCCC1. The zero-order valence-corrected chi connectivity index (χ0v) is 13.3. The number of hydrogen-bond donors (Lipinski definition) is 2. The molecule has 1 amide bonds. The lowest BCUT2D eigenvalue weighted by Gasteiger charge is -2.35. The van der Waals surface area contributed by atoms with Crippen molar-refractivity contribution in [2.45, 2.75) is 69.9 Å². The van der Waals surface area contributed by atoms with Crippen LogP contribution in [0.5, 0.6) is 0 Å². The maximum absolute atomic E-state index is 12.3. The van der Waals surface area contributed by atoms with Crippen molar-refractivity contribution < 1.29 is 9.90 Å². The van der Waals surface area contributed by atoms with Crippen LogP contribution in [0.15, 0.2) is 11.8 Å². The summed E-state index contributed by atoms with van der Waals surface area (Å²) in [5.41, 5.74) is 0.190. The molecule has 1 heterocycles. The number of likely N-dealkylation sites (tertiary alicyclic amines) is 1. The number of nitrogens with zero attached hydrogens (tertiary/aromatic N) is 2. The summed E-state index contributed by atoms with van der Waals surface area (Å²) in [6.45, 7) is 0.998. The van der Waals surface area contributed by atoms with E-state index in [1.165, 1.54) is 6.42 Å². The Kier molecular flexibility index (Phi) is 6.73. The molecule has 5 heteroatoms. The molecule has 2 fully saturated rings. The molecule has 1 unspecified atom stereocenters. The van der Waals surface area contributed by atoms with Gasteiger partial charge in [-0.25, -0.2) is 0 Å². The fourth-order valence-electron chi connectivity index (χ4n) is 3.47. The lowest BCUT2D eigenvalue weighted by molar-refractivity contribution is -0.118. The topological polar surface area (TPSA) is 76.4 Å². The number of carbonyl (C=O) groups excluding carboxylic acids is 1. The Labute approximate surface area is 133 Å². The summed E-state index contributed by atoms with van der Waals surface area (Å²) >= 11 is 0. The normalized spacial score (nSPS) is 23.9. The highest BCUT2D eigenvalue weighted by atomic mass is 16.3. The van der Waals surface area contributed by atoms with Crippen LogP contribution in [0.1, 0.15) is 57.8 Å². The lowest BCUT2D eigenvalue weighted by atomic mass is 9.95. The third kappa shape index (κ3) is 4.74. The second-order valence-electron chi connectivity index (χ2n) is 6.36. The molecule has 2 N–H and O–H groups in total. The van der Waals surface area contributed by atoms with Crippen molar-refractivity contribution in [1.29, 1.82) is 5.26 Å². The Bertz CT molecular complexity index is 434. The van der Waals surface area contributed by atoms with Crippen LogP contribution in [0.3, 0.4) is 0 Å². The molecule has 2 aliphatic rings. The van der Waals surface area contributed by atoms with Crippen LogP contribution in [0.25, 0.3) is 0 Å². The maximum atomic E-state index is 12.3. The molecule has 1 aliphatic heterocycles. The Hall–Kier alpha value is -1.54. The monoisotopic (exact) mass is 305 g/mol. The number of amides is 1. The summed E-state index contributed by atoms with van der Waals surface area (Å²) in [7, 11) is 0. The van der Waals surface area contributed by atoms with Crippen molar-refractivity contribution in [3.05, 3.63) is 11.8 Å². The first kappa shape index (κ1) is 16.8. The van der Waals surface area contributed by atoms with Gasteiger partial charge in [0.15, 0.2) is 0 Å². The third-order valence-electron chi connectivity index (χ3n) is 4.74. The van der Waals surface area contributed by atoms with Crippen molar-refractivity contribution in [3.63, 3.8) is 0 Å². The van der Waals surface area contributed by atoms with Gasteiger partial charge in [-0.05, 0) is 38.5 Å². The zero-order chi connectivity index (χ0) is 15.8. The second kappa shape index (κ2) is 8.79. The number of rotatable bonds is 5. The Morgan fingerprint density at radius 2 is 1.95 bits per heavy atom. The van der Waals surface area contributed by atoms with Gasteiger partial charge in [0, 0.05) is 31.4 Å². The quantitative estimate of drug-likeness (QED) is 0.602. The van der Waals surface area contributed by atoms with Crippen molar-refractivity contribution in [2.24, 2.45) is 0 Å². The Morgan fingerprint density at radius 3 is 2.64 bits per heavy atom. The molecule has 0 bridgehead atoms. The van der Waals surface area contributed by atoms with E-state index in [0.29, 0.717) is 6.42 Å². The number of aliphatic hydroxyl groups excluding tert-OH is 1. The summed E-state index contributed by atoms with van der Waals surface area (Å²) in [5, 5.41) is 21.5. The molecule has 1 saturated carbocycles. The summed E-state index contributed by atoms with van der Waals surface area (Å²) in [6, 6.07) is 2.50. The maximum Gasteiger partial charge on any atom is 0.263 e. The van der Waals surface area contributed by atoms with E-state index < -0.39 is 0 Å². The first-order valence-electron chi connectivity index (χ1n) is 8.54. The van der Waals surface area contributed by atoms with Gasteiger partial charge in [0.25, 0.3) is 5.91 Å². The van der Waals surface area contributed by atoms with Crippen LogP contribution in [-0.2, 0) is 4.79 Å². The highest BCUT2D eigenvalue weighted by molar-refractivity contribution is 5.97. The van der Waals surface area contributed by atoms with E-state index in [9.17, 15) is 10.1 Å². The van der Waals surface area contributed by atoms with Gasteiger partial charge in [-0.15, -0.1) is 0 Å². The van der Waals surface area contributed by atoms with Gasteiger partial charge in [-0.3, -0.25) is 4.79 Å². The van der Waals surface area contributed by atoms with E-state index in [-0.39, 0.29) is 30.2 Å². The molecule has 0 aromatic carbocycles. The molecule has 1 atom stereocenters. The zero-order valence-electron chi connectivity index (χ0n) is 13.3. The van der Waals surface area contributed by atoms with Gasteiger partial charge >= 0.3 is 0 Å². The number of hydrogen-bond acceptors (Lipinski definition) is 4. The average molecular weight is 305 g/mol. The van der Waals surface area contributed by atoms with Gasteiger partial charge in [0.05, 0.1) is 0 Å². The molecule has 0 radical (unpaired) electrons. The molecule has 0 spiro atoms. The molecule has 1 saturated heterocycles.